The number of rotatable bonds is 5. The van der Waals surface area contributed by atoms with Gasteiger partial charge in [0.05, 0.1) is 0 Å². The number of unbranched alkanes of at least 4 members (excludes halogenated alkanes) is 1. The summed E-state index contributed by atoms with van der Waals surface area (Å²) in [6.45, 7) is 4.09. The summed E-state index contributed by atoms with van der Waals surface area (Å²) >= 11 is 0. The van der Waals surface area contributed by atoms with Gasteiger partial charge in [0.1, 0.15) is 0 Å². The summed E-state index contributed by atoms with van der Waals surface area (Å²) < 4.78 is 26.8. The maximum atomic E-state index is 11.9. The van der Waals surface area contributed by atoms with Gasteiger partial charge in [-0.25, -0.2) is 0 Å². The van der Waals surface area contributed by atoms with E-state index in [2.05, 4.69) is 6.92 Å². The predicted molar refractivity (Wildman–Crippen MR) is 57.3 cm³/mol. The second-order valence-electron chi connectivity index (χ2n) is 3.79. The highest BCUT2D eigenvalue weighted by atomic mass is 32.2. The first-order valence-electron chi connectivity index (χ1n) is 5.30. The molecule has 1 rings (SSSR count). The number of hydrogen-bond donors (Lipinski definition) is 0. The molecule has 0 aliphatic carbocycles. The maximum Gasteiger partial charge on any atom is 0.281 e. The molecule has 1 heterocycles. The summed E-state index contributed by atoms with van der Waals surface area (Å²) in [4.78, 5) is 0. The lowest BCUT2D eigenvalue weighted by molar-refractivity contribution is 0.390. The zero-order chi connectivity index (χ0) is 10.6. The molecular formula is C9H20N2O2S. The fourth-order valence-corrected chi connectivity index (χ4v) is 3.09. The minimum absolute atomic E-state index is 0.634. The van der Waals surface area contributed by atoms with Crippen molar-refractivity contribution in [3.63, 3.8) is 0 Å². The molecule has 0 atom stereocenters. The summed E-state index contributed by atoms with van der Waals surface area (Å²) in [6, 6.07) is 0. The van der Waals surface area contributed by atoms with Crippen LogP contribution in [0.2, 0.25) is 0 Å². The van der Waals surface area contributed by atoms with Crippen molar-refractivity contribution in [1.82, 2.24) is 8.61 Å². The second kappa shape index (κ2) is 5.09. The van der Waals surface area contributed by atoms with Gasteiger partial charge in [0.25, 0.3) is 10.2 Å². The third-order valence-electron chi connectivity index (χ3n) is 2.61. The molecule has 0 spiro atoms. The van der Waals surface area contributed by atoms with Gasteiger partial charge in [-0.05, 0) is 19.3 Å². The molecule has 1 saturated heterocycles. The summed E-state index contributed by atoms with van der Waals surface area (Å²) in [5.74, 6) is 0. The van der Waals surface area contributed by atoms with Gasteiger partial charge in [-0.3, -0.25) is 0 Å². The molecule has 0 aromatic rings. The van der Waals surface area contributed by atoms with E-state index in [0.29, 0.717) is 19.6 Å². The van der Waals surface area contributed by atoms with E-state index in [-0.39, 0.29) is 0 Å². The van der Waals surface area contributed by atoms with E-state index in [1.807, 2.05) is 0 Å². The zero-order valence-corrected chi connectivity index (χ0v) is 9.89. The van der Waals surface area contributed by atoms with Crippen LogP contribution in [0.25, 0.3) is 0 Å². The molecule has 84 valence electrons. The van der Waals surface area contributed by atoms with E-state index in [4.69, 9.17) is 0 Å². The van der Waals surface area contributed by atoms with E-state index < -0.39 is 10.2 Å². The lowest BCUT2D eigenvalue weighted by atomic mass is 10.3. The van der Waals surface area contributed by atoms with E-state index in [9.17, 15) is 8.42 Å². The molecule has 1 aliphatic rings. The molecule has 0 aromatic carbocycles. The van der Waals surface area contributed by atoms with Crippen LogP contribution >= 0.6 is 0 Å². The van der Waals surface area contributed by atoms with Crippen molar-refractivity contribution in [2.45, 2.75) is 32.6 Å². The fraction of sp³-hybridized carbons (Fsp3) is 1.00. The molecule has 0 bridgehead atoms. The standard InChI is InChI=1S/C9H20N2O2S/c1-3-4-7-10(2)14(12,13)11-8-5-6-9-11/h3-9H2,1-2H3. The van der Waals surface area contributed by atoms with Gasteiger partial charge in [0.15, 0.2) is 0 Å². The Morgan fingerprint density at radius 3 is 2.36 bits per heavy atom. The molecule has 1 fully saturated rings. The molecule has 0 aromatic heterocycles. The number of hydrogen-bond acceptors (Lipinski definition) is 2. The summed E-state index contributed by atoms with van der Waals surface area (Å²) in [6.07, 6.45) is 3.96. The largest absolute Gasteiger partial charge is 0.281 e. The molecule has 1 aliphatic heterocycles. The SMILES string of the molecule is CCCCN(C)S(=O)(=O)N1CCCC1. The van der Waals surface area contributed by atoms with Crippen molar-refractivity contribution in [2.75, 3.05) is 26.7 Å². The molecule has 0 saturated carbocycles. The van der Waals surface area contributed by atoms with Crippen molar-refractivity contribution < 1.29 is 8.42 Å². The van der Waals surface area contributed by atoms with E-state index in [0.717, 1.165) is 25.7 Å². The van der Waals surface area contributed by atoms with Crippen LogP contribution in [0.4, 0.5) is 0 Å². The van der Waals surface area contributed by atoms with E-state index in [1.165, 1.54) is 4.31 Å². The Kier molecular flexibility index (Phi) is 4.34. The molecule has 14 heavy (non-hydrogen) atoms. The Hall–Kier alpha value is -0.130. The average Bonchev–Trinajstić information content (AvgIpc) is 2.67. The Labute approximate surface area is 87.1 Å². The molecule has 0 radical (unpaired) electrons. The molecule has 4 nitrogen and oxygen atoms in total. The first-order valence-corrected chi connectivity index (χ1v) is 6.70. The van der Waals surface area contributed by atoms with Crippen LogP contribution in [0.3, 0.4) is 0 Å². The van der Waals surface area contributed by atoms with Crippen molar-refractivity contribution in [3.05, 3.63) is 0 Å². The van der Waals surface area contributed by atoms with Crippen LogP contribution in [0, 0.1) is 0 Å². The van der Waals surface area contributed by atoms with Crippen molar-refractivity contribution in [1.29, 1.82) is 0 Å². The Morgan fingerprint density at radius 1 is 1.29 bits per heavy atom. The lowest BCUT2D eigenvalue weighted by Crippen LogP contribution is -2.40. The summed E-state index contributed by atoms with van der Waals surface area (Å²) in [7, 11) is -1.47. The van der Waals surface area contributed by atoms with Crippen LogP contribution in [0.5, 0.6) is 0 Å². The minimum atomic E-state index is -3.14. The quantitative estimate of drug-likeness (QED) is 0.695. The van der Waals surface area contributed by atoms with Crippen molar-refractivity contribution in [2.24, 2.45) is 0 Å². The topological polar surface area (TPSA) is 40.6 Å². The highest BCUT2D eigenvalue weighted by molar-refractivity contribution is 7.86. The summed E-state index contributed by atoms with van der Waals surface area (Å²) in [5, 5.41) is 0. The smallest absolute Gasteiger partial charge is 0.195 e. The predicted octanol–water partition coefficient (Wildman–Crippen LogP) is 1.06. The van der Waals surface area contributed by atoms with E-state index in [1.54, 1.807) is 11.4 Å². The Morgan fingerprint density at radius 2 is 1.86 bits per heavy atom. The highest BCUT2D eigenvalue weighted by Gasteiger charge is 2.28. The van der Waals surface area contributed by atoms with Gasteiger partial charge >= 0.3 is 0 Å². The summed E-state index contributed by atoms with van der Waals surface area (Å²) in [5.41, 5.74) is 0. The normalized spacial score (nSPS) is 19.4. The zero-order valence-electron chi connectivity index (χ0n) is 9.07. The lowest BCUT2D eigenvalue weighted by Gasteiger charge is -2.23. The first kappa shape index (κ1) is 11.9. The van der Waals surface area contributed by atoms with Crippen LogP contribution in [-0.2, 0) is 10.2 Å². The molecule has 5 heteroatoms. The molecule has 0 amide bonds. The van der Waals surface area contributed by atoms with Gasteiger partial charge in [0, 0.05) is 26.7 Å². The van der Waals surface area contributed by atoms with Gasteiger partial charge in [0.2, 0.25) is 0 Å². The van der Waals surface area contributed by atoms with E-state index >= 15 is 0 Å². The average molecular weight is 220 g/mol. The Bertz CT molecular complexity index is 258. The van der Waals surface area contributed by atoms with Crippen molar-refractivity contribution in [3.8, 4) is 0 Å². The third kappa shape index (κ3) is 2.68. The number of nitrogens with zero attached hydrogens (tertiary/aromatic N) is 2. The van der Waals surface area contributed by atoms with Gasteiger partial charge in [-0.1, -0.05) is 13.3 Å². The van der Waals surface area contributed by atoms with Crippen LogP contribution < -0.4 is 0 Å². The maximum absolute atomic E-state index is 11.9. The first-order chi connectivity index (χ1) is 6.59. The fourth-order valence-electron chi connectivity index (χ4n) is 1.61. The van der Waals surface area contributed by atoms with Crippen LogP contribution in [-0.4, -0.2) is 43.7 Å². The van der Waals surface area contributed by atoms with Crippen molar-refractivity contribution >= 4 is 10.2 Å². The Balaban J connectivity index is 2.54. The second-order valence-corrected chi connectivity index (χ2v) is 5.82. The molecule has 0 N–H and O–H groups in total. The highest BCUT2D eigenvalue weighted by Crippen LogP contribution is 2.15. The van der Waals surface area contributed by atoms with Gasteiger partial charge < -0.3 is 0 Å². The van der Waals surface area contributed by atoms with Crippen LogP contribution in [0.15, 0.2) is 0 Å². The molecule has 0 unspecified atom stereocenters. The molecular weight excluding hydrogens is 200 g/mol. The minimum Gasteiger partial charge on any atom is -0.195 e. The van der Waals surface area contributed by atoms with Gasteiger partial charge in [-0.2, -0.15) is 17.0 Å². The van der Waals surface area contributed by atoms with Crippen LogP contribution in [0.1, 0.15) is 32.6 Å². The third-order valence-corrected chi connectivity index (χ3v) is 4.60. The van der Waals surface area contributed by atoms with Gasteiger partial charge in [-0.15, -0.1) is 0 Å². The monoisotopic (exact) mass is 220 g/mol.